The molecule has 3 N–H and O–H groups in total. The van der Waals surface area contributed by atoms with E-state index in [1.54, 1.807) is 0 Å². The van der Waals surface area contributed by atoms with Crippen LogP contribution >= 0.6 is 0 Å². The highest BCUT2D eigenvalue weighted by Crippen LogP contribution is 2.05. The van der Waals surface area contributed by atoms with Gasteiger partial charge in [0.05, 0.1) is 5.69 Å². The van der Waals surface area contributed by atoms with E-state index in [1.165, 1.54) is 6.39 Å². The molecule has 13 heavy (non-hydrogen) atoms. The second-order valence-corrected chi connectivity index (χ2v) is 2.98. The first-order valence-electron chi connectivity index (χ1n) is 4.10. The molecule has 1 heterocycles. The van der Waals surface area contributed by atoms with Gasteiger partial charge in [0.25, 0.3) is 0 Å². The number of nitrogens with one attached hydrogen (secondary N) is 1. The van der Waals surface area contributed by atoms with Crippen LogP contribution in [0.3, 0.4) is 0 Å². The Bertz CT molecular complexity index is 303. The van der Waals surface area contributed by atoms with Crippen LogP contribution in [0.15, 0.2) is 15.8 Å². The molecule has 5 nitrogen and oxygen atoms in total. The molecule has 5 heteroatoms. The number of aryl methyl sites for hydroxylation is 1. The van der Waals surface area contributed by atoms with Crippen molar-refractivity contribution in [2.45, 2.75) is 26.8 Å². The zero-order valence-corrected chi connectivity index (χ0v) is 8.03. The van der Waals surface area contributed by atoms with Crippen molar-refractivity contribution in [2.75, 3.05) is 0 Å². The van der Waals surface area contributed by atoms with E-state index in [4.69, 9.17) is 10.3 Å². The number of hydrazine groups is 1. The van der Waals surface area contributed by atoms with E-state index in [2.05, 4.69) is 15.4 Å². The first-order valence-corrected chi connectivity index (χ1v) is 4.10. The number of hydrogen-bond donors (Lipinski definition) is 2. The molecule has 0 unspecified atom stereocenters. The lowest BCUT2D eigenvalue weighted by Crippen LogP contribution is -2.32. The molecule has 0 bridgehead atoms. The Labute approximate surface area is 77.0 Å². The summed E-state index contributed by atoms with van der Waals surface area (Å²) in [6.45, 7) is 5.76. The zero-order valence-electron chi connectivity index (χ0n) is 8.03. The Kier molecular flexibility index (Phi) is 3.02. The summed E-state index contributed by atoms with van der Waals surface area (Å²) in [6.07, 6.45) is 1.37. The number of oxazole rings is 1. The molecule has 0 aliphatic heterocycles. The zero-order chi connectivity index (χ0) is 9.84. The van der Waals surface area contributed by atoms with Gasteiger partial charge in [-0.05, 0) is 20.8 Å². The van der Waals surface area contributed by atoms with Crippen LogP contribution in [-0.4, -0.2) is 16.9 Å². The first-order chi connectivity index (χ1) is 6.15. The van der Waals surface area contributed by atoms with Crippen molar-refractivity contribution in [3.05, 3.63) is 17.8 Å². The van der Waals surface area contributed by atoms with E-state index in [9.17, 15) is 0 Å². The van der Waals surface area contributed by atoms with Gasteiger partial charge in [-0.15, -0.1) is 0 Å². The van der Waals surface area contributed by atoms with Gasteiger partial charge in [-0.25, -0.2) is 10.8 Å². The van der Waals surface area contributed by atoms with Crippen LogP contribution in [0.4, 0.5) is 0 Å². The molecule has 1 aromatic rings. The molecule has 0 saturated carbocycles. The van der Waals surface area contributed by atoms with Crippen molar-refractivity contribution in [1.29, 1.82) is 0 Å². The lowest BCUT2D eigenvalue weighted by atomic mass is 10.3. The number of aromatic nitrogens is 1. The summed E-state index contributed by atoms with van der Waals surface area (Å²) in [5, 5.41) is 0. The minimum absolute atomic E-state index is 0.163. The Morgan fingerprint density at radius 2 is 2.38 bits per heavy atom. The Hall–Kier alpha value is -1.36. The van der Waals surface area contributed by atoms with Gasteiger partial charge in [0.15, 0.2) is 18.0 Å². The number of rotatable bonds is 2. The highest BCUT2D eigenvalue weighted by Gasteiger charge is 2.10. The van der Waals surface area contributed by atoms with Crippen molar-refractivity contribution >= 4 is 5.84 Å². The molecule has 1 rings (SSSR count). The summed E-state index contributed by atoms with van der Waals surface area (Å²) < 4.78 is 5.13. The van der Waals surface area contributed by atoms with Crippen LogP contribution < -0.4 is 11.3 Å². The molecule has 0 aromatic carbocycles. The molecule has 0 amide bonds. The maximum Gasteiger partial charge on any atom is 0.193 e. The maximum absolute atomic E-state index is 5.31. The van der Waals surface area contributed by atoms with Crippen molar-refractivity contribution in [2.24, 2.45) is 10.8 Å². The third kappa shape index (κ3) is 2.29. The highest BCUT2D eigenvalue weighted by atomic mass is 16.3. The first kappa shape index (κ1) is 9.73. The Morgan fingerprint density at radius 1 is 1.69 bits per heavy atom. The van der Waals surface area contributed by atoms with E-state index in [-0.39, 0.29) is 6.04 Å². The summed E-state index contributed by atoms with van der Waals surface area (Å²) in [6, 6.07) is 0.163. The molecule has 0 fully saturated rings. The van der Waals surface area contributed by atoms with Gasteiger partial charge in [0.1, 0.15) is 0 Å². The quantitative estimate of drug-likeness (QED) is 0.304. The van der Waals surface area contributed by atoms with Gasteiger partial charge >= 0.3 is 0 Å². The van der Waals surface area contributed by atoms with Crippen molar-refractivity contribution in [3.8, 4) is 0 Å². The summed E-state index contributed by atoms with van der Waals surface area (Å²) in [4.78, 5) is 8.20. The van der Waals surface area contributed by atoms with Crippen LogP contribution in [0, 0.1) is 6.92 Å². The second-order valence-electron chi connectivity index (χ2n) is 2.98. The average Bonchev–Trinajstić information content (AvgIpc) is 2.47. The molecule has 0 spiro atoms. The van der Waals surface area contributed by atoms with E-state index in [0.29, 0.717) is 11.6 Å². The molecular weight excluding hydrogens is 168 g/mol. The summed E-state index contributed by atoms with van der Waals surface area (Å²) >= 11 is 0. The topological polar surface area (TPSA) is 76.4 Å². The minimum atomic E-state index is 0.163. The van der Waals surface area contributed by atoms with Gasteiger partial charge in [-0.2, -0.15) is 0 Å². The number of aliphatic imine (C=N–C) groups is 1. The van der Waals surface area contributed by atoms with Gasteiger partial charge < -0.3 is 9.84 Å². The van der Waals surface area contributed by atoms with E-state index < -0.39 is 0 Å². The lowest BCUT2D eigenvalue weighted by Gasteiger charge is -2.04. The fraction of sp³-hybridized carbons (Fsp3) is 0.500. The van der Waals surface area contributed by atoms with Gasteiger partial charge in [0.2, 0.25) is 0 Å². The van der Waals surface area contributed by atoms with Gasteiger partial charge in [-0.1, -0.05) is 0 Å². The minimum Gasteiger partial charge on any atom is -0.440 e. The van der Waals surface area contributed by atoms with E-state index in [1.807, 2.05) is 20.8 Å². The molecular formula is C8H14N4O. The van der Waals surface area contributed by atoms with Crippen LogP contribution in [0.25, 0.3) is 0 Å². The monoisotopic (exact) mass is 182 g/mol. The predicted molar refractivity (Wildman–Crippen MR) is 50.2 cm³/mol. The number of nitrogens with two attached hydrogens (primary N) is 1. The predicted octanol–water partition coefficient (Wildman–Crippen LogP) is 0.601. The second kappa shape index (κ2) is 4.04. The van der Waals surface area contributed by atoms with Crippen LogP contribution in [0.1, 0.15) is 25.3 Å². The normalized spacial score (nSPS) is 12.2. The fourth-order valence-corrected chi connectivity index (χ4v) is 0.949. The SMILES string of the molecule is Cc1ncoc1C(=NC(C)C)NN. The van der Waals surface area contributed by atoms with Gasteiger partial charge in [-0.3, -0.25) is 4.99 Å². The Balaban J connectivity index is 2.97. The van der Waals surface area contributed by atoms with E-state index in [0.717, 1.165) is 5.69 Å². The third-order valence-electron chi connectivity index (χ3n) is 1.48. The highest BCUT2D eigenvalue weighted by molar-refractivity contribution is 5.96. The number of amidine groups is 1. The third-order valence-corrected chi connectivity index (χ3v) is 1.48. The summed E-state index contributed by atoms with van der Waals surface area (Å²) in [5.74, 6) is 6.44. The van der Waals surface area contributed by atoms with Crippen molar-refractivity contribution < 1.29 is 4.42 Å². The summed E-state index contributed by atoms with van der Waals surface area (Å²) in [5.41, 5.74) is 3.27. The molecule has 0 atom stereocenters. The standard InChI is InChI=1S/C8H14N4O/c1-5(2)11-8(12-9)7-6(3)10-4-13-7/h4-5H,9H2,1-3H3,(H,11,12). The summed E-state index contributed by atoms with van der Waals surface area (Å²) in [7, 11) is 0. The molecule has 0 aliphatic carbocycles. The molecule has 0 aliphatic rings. The smallest absolute Gasteiger partial charge is 0.193 e. The Morgan fingerprint density at radius 3 is 2.77 bits per heavy atom. The van der Waals surface area contributed by atoms with Crippen LogP contribution in [0.5, 0.6) is 0 Å². The van der Waals surface area contributed by atoms with Crippen LogP contribution in [0.2, 0.25) is 0 Å². The molecule has 0 radical (unpaired) electrons. The largest absolute Gasteiger partial charge is 0.440 e. The van der Waals surface area contributed by atoms with Crippen molar-refractivity contribution in [3.63, 3.8) is 0 Å². The molecule has 1 aromatic heterocycles. The van der Waals surface area contributed by atoms with Crippen molar-refractivity contribution in [1.82, 2.24) is 10.4 Å². The van der Waals surface area contributed by atoms with Crippen LogP contribution in [-0.2, 0) is 0 Å². The molecule has 0 saturated heterocycles. The van der Waals surface area contributed by atoms with Gasteiger partial charge in [0, 0.05) is 6.04 Å². The fourth-order valence-electron chi connectivity index (χ4n) is 0.949. The number of nitrogens with zero attached hydrogens (tertiary/aromatic N) is 2. The maximum atomic E-state index is 5.31. The molecule has 72 valence electrons. The average molecular weight is 182 g/mol. The number of hydrogen-bond acceptors (Lipinski definition) is 4. The lowest BCUT2D eigenvalue weighted by molar-refractivity contribution is 0.543. The van der Waals surface area contributed by atoms with E-state index >= 15 is 0 Å².